The number of ether oxygens (including phenoxy) is 1. The molecular formula is C28H28F2N4O2S. The molecule has 0 spiro atoms. The van der Waals surface area contributed by atoms with Crippen LogP contribution in [0.1, 0.15) is 40.5 Å². The van der Waals surface area contributed by atoms with Crippen LogP contribution < -0.4 is 9.64 Å². The average molecular weight is 523 g/mol. The highest BCUT2D eigenvalue weighted by Crippen LogP contribution is 2.42. The molecule has 37 heavy (non-hydrogen) atoms. The van der Waals surface area contributed by atoms with Gasteiger partial charge in [0.05, 0.1) is 18.5 Å². The van der Waals surface area contributed by atoms with Crippen LogP contribution in [0.5, 0.6) is 11.5 Å². The lowest BCUT2D eigenvalue weighted by molar-refractivity contribution is 0.207. The summed E-state index contributed by atoms with van der Waals surface area (Å²) in [5.74, 6) is -0.472. The average Bonchev–Trinajstić information content (AvgIpc) is 3.31. The number of hydrogen-bond acceptors (Lipinski definition) is 7. The summed E-state index contributed by atoms with van der Waals surface area (Å²) in [5, 5.41) is 12.2. The van der Waals surface area contributed by atoms with Crippen molar-refractivity contribution in [2.45, 2.75) is 31.7 Å². The molecule has 0 radical (unpaired) electrons. The van der Waals surface area contributed by atoms with Crippen LogP contribution in [0.3, 0.4) is 0 Å². The number of hydrogen-bond donors (Lipinski definition) is 1. The molecule has 1 aliphatic heterocycles. The number of rotatable bonds is 5. The van der Waals surface area contributed by atoms with E-state index in [9.17, 15) is 13.9 Å². The van der Waals surface area contributed by atoms with Crippen molar-refractivity contribution in [2.24, 2.45) is 0 Å². The van der Waals surface area contributed by atoms with Gasteiger partial charge in [-0.3, -0.25) is 4.90 Å². The van der Waals surface area contributed by atoms with E-state index in [0.717, 1.165) is 29.6 Å². The van der Waals surface area contributed by atoms with E-state index >= 15 is 0 Å². The quantitative estimate of drug-likeness (QED) is 0.375. The molecule has 0 amide bonds. The number of aromatic nitrogens is 2. The van der Waals surface area contributed by atoms with Gasteiger partial charge >= 0.3 is 0 Å². The van der Waals surface area contributed by atoms with Gasteiger partial charge in [-0.15, -0.1) is 11.3 Å². The number of anilines is 1. The Morgan fingerprint density at radius 2 is 1.81 bits per heavy atom. The first-order chi connectivity index (χ1) is 18.0. The molecule has 6 nitrogen and oxygen atoms in total. The SMILES string of the molecule is COc1cccc(C(c2ccc(F)c(F)c2)N2CCN(c3ncnc4sc5c(c34)CCCC5)CC2)c1O. The number of nitrogens with zero attached hydrogens (tertiary/aromatic N) is 4. The topological polar surface area (TPSA) is 61.7 Å². The van der Waals surface area contributed by atoms with Crippen molar-refractivity contribution in [1.82, 2.24) is 14.9 Å². The van der Waals surface area contributed by atoms with Crippen LogP contribution in [0.2, 0.25) is 0 Å². The number of halogens is 2. The summed E-state index contributed by atoms with van der Waals surface area (Å²) in [6.45, 7) is 2.72. The molecule has 2 aliphatic rings. The van der Waals surface area contributed by atoms with Gasteiger partial charge in [0, 0.05) is 36.6 Å². The fourth-order valence-corrected chi connectivity index (χ4v) is 6.92. The Kier molecular flexibility index (Phi) is 6.42. The normalized spacial score (nSPS) is 17.1. The fraction of sp³-hybridized carbons (Fsp3) is 0.357. The molecule has 2 aromatic heterocycles. The summed E-state index contributed by atoms with van der Waals surface area (Å²) in [6, 6.07) is 8.77. The lowest BCUT2D eigenvalue weighted by atomic mass is 9.94. The Hall–Kier alpha value is -3.30. The molecule has 0 saturated carbocycles. The highest BCUT2D eigenvalue weighted by molar-refractivity contribution is 7.19. The number of methoxy groups -OCH3 is 1. The van der Waals surface area contributed by atoms with Crippen LogP contribution in [0.15, 0.2) is 42.7 Å². The molecule has 3 heterocycles. The van der Waals surface area contributed by atoms with E-state index in [-0.39, 0.29) is 5.75 Å². The van der Waals surface area contributed by atoms with Crippen LogP contribution in [0.25, 0.3) is 10.2 Å². The Morgan fingerprint density at radius 1 is 1.00 bits per heavy atom. The standard InChI is InChI=1S/C28H28F2N4O2S/c1-36-22-7-4-6-19(26(22)35)25(17-9-10-20(29)21(30)15-17)33-11-13-34(14-12-33)27-24-18-5-2-3-8-23(18)37-28(24)32-16-31-27/h4,6-7,9-10,15-16,25,35H,2-3,5,8,11-14H2,1H3. The van der Waals surface area contributed by atoms with Crippen molar-refractivity contribution in [3.63, 3.8) is 0 Å². The predicted octanol–water partition coefficient (Wildman–Crippen LogP) is 5.47. The summed E-state index contributed by atoms with van der Waals surface area (Å²) >= 11 is 1.79. The number of phenols is 1. The van der Waals surface area contributed by atoms with Crippen molar-refractivity contribution >= 4 is 27.4 Å². The van der Waals surface area contributed by atoms with Crippen molar-refractivity contribution in [1.29, 1.82) is 0 Å². The zero-order chi connectivity index (χ0) is 25.5. The first kappa shape index (κ1) is 24.1. The first-order valence-corrected chi connectivity index (χ1v) is 13.4. The van der Waals surface area contributed by atoms with Crippen molar-refractivity contribution in [3.05, 3.63) is 75.9 Å². The third-order valence-electron chi connectivity index (χ3n) is 7.51. The van der Waals surface area contributed by atoms with Gasteiger partial charge in [0.25, 0.3) is 0 Å². The number of thiophene rings is 1. The van der Waals surface area contributed by atoms with E-state index in [4.69, 9.17) is 9.72 Å². The monoisotopic (exact) mass is 522 g/mol. The Balaban J connectivity index is 1.33. The molecular weight excluding hydrogens is 494 g/mol. The molecule has 1 saturated heterocycles. The van der Waals surface area contributed by atoms with Crippen LogP contribution in [0, 0.1) is 11.6 Å². The van der Waals surface area contributed by atoms with Crippen molar-refractivity contribution in [2.75, 3.05) is 38.2 Å². The van der Waals surface area contributed by atoms with Gasteiger partial charge in [-0.25, -0.2) is 18.7 Å². The highest BCUT2D eigenvalue weighted by Gasteiger charge is 2.31. The highest BCUT2D eigenvalue weighted by atomic mass is 32.1. The molecule has 1 aliphatic carbocycles. The molecule has 9 heteroatoms. The van der Waals surface area contributed by atoms with E-state index < -0.39 is 17.7 Å². The molecule has 1 unspecified atom stereocenters. The van der Waals surface area contributed by atoms with Gasteiger partial charge in [-0.2, -0.15) is 0 Å². The smallest absolute Gasteiger partial charge is 0.162 e. The minimum atomic E-state index is -0.908. The van der Waals surface area contributed by atoms with E-state index in [1.165, 1.54) is 41.8 Å². The molecule has 0 bridgehead atoms. The molecule has 6 rings (SSSR count). The van der Waals surface area contributed by atoms with Crippen LogP contribution in [-0.4, -0.2) is 53.3 Å². The zero-order valence-electron chi connectivity index (χ0n) is 20.6. The number of benzene rings is 2. The Bertz CT molecular complexity index is 1450. The maximum atomic E-state index is 14.3. The van der Waals surface area contributed by atoms with Gasteiger partial charge < -0.3 is 14.7 Å². The summed E-state index contributed by atoms with van der Waals surface area (Å²) in [5.41, 5.74) is 2.58. The third kappa shape index (κ3) is 4.30. The molecule has 1 atom stereocenters. The maximum absolute atomic E-state index is 14.3. The second kappa shape index (κ2) is 9.87. The number of piperazine rings is 1. The summed E-state index contributed by atoms with van der Waals surface area (Å²) < 4.78 is 33.4. The van der Waals surface area contributed by atoms with Gasteiger partial charge in [0.15, 0.2) is 23.1 Å². The minimum absolute atomic E-state index is 0.00423. The largest absolute Gasteiger partial charge is 0.504 e. The van der Waals surface area contributed by atoms with Gasteiger partial charge in [-0.1, -0.05) is 18.2 Å². The second-order valence-corrected chi connectivity index (χ2v) is 10.7. The first-order valence-electron chi connectivity index (χ1n) is 12.6. The maximum Gasteiger partial charge on any atom is 0.162 e. The van der Waals surface area contributed by atoms with Crippen molar-refractivity contribution < 1.29 is 18.6 Å². The lowest BCUT2D eigenvalue weighted by Gasteiger charge is -2.40. The van der Waals surface area contributed by atoms with Crippen molar-refractivity contribution in [3.8, 4) is 11.5 Å². The van der Waals surface area contributed by atoms with E-state index in [1.807, 2.05) is 6.07 Å². The minimum Gasteiger partial charge on any atom is -0.504 e. The Morgan fingerprint density at radius 3 is 2.59 bits per heavy atom. The van der Waals surface area contributed by atoms with Gasteiger partial charge in [0.2, 0.25) is 0 Å². The number of fused-ring (bicyclic) bond motifs is 3. The molecule has 4 aromatic rings. The molecule has 1 N–H and O–H groups in total. The number of aromatic hydroxyl groups is 1. The van der Waals surface area contributed by atoms with Crippen LogP contribution >= 0.6 is 11.3 Å². The van der Waals surface area contributed by atoms with E-state index in [2.05, 4.69) is 14.8 Å². The van der Waals surface area contributed by atoms with Gasteiger partial charge in [0.1, 0.15) is 17.0 Å². The summed E-state index contributed by atoms with van der Waals surface area (Å²) in [7, 11) is 1.50. The second-order valence-electron chi connectivity index (χ2n) is 9.59. The Labute approximate surface area is 218 Å². The fourth-order valence-electron chi connectivity index (χ4n) is 5.70. The summed E-state index contributed by atoms with van der Waals surface area (Å²) in [6.07, 6.45) is 6.27. The zero-order valence-corrected chi connectivity index (χ0v) is 21.4. The summed E-state index contributed by atoms with van der Waals surface area (Å²) in [4.78, 5) is 16.3. The third-order valence-corrected chi connectivity index (χ3v) is 8.71. The van der Waals surface area contributed by atoms with Gasteiger partial charge in [-0.05, 0) is 55.0 Å². The molecule has 2 aromatic carbocycles. The predicted molar refractivity (Wildman–Crippen MR) is 141 cm³/mol. The van der Waals surface area contributed by atoms with E-state index in [0.29, 0.717) is 43.1 Å². The number of phenolic OH excluding ortho intramolecular Hbond substituents is 1. The molecule has 1 fully saturated rings. The van der Waals surface area contributed by atoms with E-state index in [1.54, 1.807) is 35.9 Å². The number of aryl methyl sites for hydroxylation is 2. The van der Waals surface area contributed by atoms with Crippen LogP contribution in [0.4, 0.5) is 14.6 Å². The lowest BCUT2D eigenvalue weighted by Crippen LogP contribution is -2.48. The molecule has 192 valence electrons. The van der Waals surface area contributed by atoms with Crippen LogP contribution in [-0.2, 0) is 12.8 Å². The number of para-hydroxylation sites is 1.